The van der Waals surface area contributed by atoms with Gasteiger partial charge in [0.25, 0.3) is 0 Å². The number of hydrogen-bond acceptors (Lipinski definition) is 2. The van der Waals surface area contributed by atoms with E-state index in [1.54, 1.807) is 6.92 Å². The van der Waals surface area contributed by atoms with Crippen LogP contribution in [0.2, 0.25) is 0 Å². The van der Waals surface area contributed by atoms with E-state index in [1.165, 1.54) is 11.1 Å². The zero-order chi connectivity index (χ0) is 13.4. The highest BCUT2D eigenvalue weighted by Gasteiger charge is 2.13. The predicted molar refractivity (Wildman–Crippen MR) is 75.3 cm³/mol. The SMILES string of the molecule is CC.CC(C)c1cccc(C(C)O)c1CCN. The number of aliphatic hydroxyl groups excluding tert-OH is 1. The van der Waals surface area contributed by atoms with Gasteiger partial charge in [-0.2, -0.15) is 0 Å². The molecule has 0 aliphatic rings. The molecule has 0 aromatic heterocycles. The third kappa shape index (κ3) is 4.49. The van der Waals surface area contributed by atoms with Gasteiger partial charge in [-0.1, -0.05) is 45.9 Å². The standard InChI is InChI=1S/C13H21NO.C2H6/c1-9(2)11-5-4-6-12(10(3)15)13(11)7-8-14;1-2/h4-6,9-10,15H,7-8,14H2,1-3H3;1-2H3. The summed E-state index contributed by atoms with van der Waals surface area (Å²) in [7, 11) is 0. The molecule has 1 rings (SSSR count). The Morgan fingerprint density at radius 3 is 2.06 bits per heavy atom. The van der Waals surface area contributed by atoms with Crippen LogP contribution in [0, 0.1) is 0 Å². The van der Waals surface area contributed by atoms with Crippen LogP contribution in [0.5, 0.6) is 0 Å². The van der Waals surface area contributed by atoms with Crippen LogP contribution in [0.4, 0.5) is 0 Å². The van der Waals surface area contributed by atoms with Crippen LogP contribution in [0.1, 0.15) is 63.3 Å². The number of hydrogen-bond donors (Lipinski definition) is 2. The highest BCUT2D eigenvalue weighted by Crippen LogP contribution is 2.26. The van der Waals surface area contributed by atoms with Crippen LogP contribution >= 0.6 is 0 Å². The van der Waals surface area contributed by atoms with Crippen molar-refractivity contribution in [2.24, 2.45) is 5.73 Å². The van der Waals surface area contributed by atoms with Crippen LogP contribution in [0.15, 0.2) is 18.2 Å². The predicted octanol–water partition coefficient (Wildman–Crippen LogP) is 3.39. The Hall–Kier alpha value is -0.860. The Kier molecular flexibility index (Phi) is 7.85. The van der Waals surface area contributed by atoms with Gasteiger partial charge in [-0.25, -0.2) is 0 Å². The van der Waals surface area contributed by atoms with E-state index >= 15 is 0 Å². The Morgan fingerprint density at radius 1 is 1.12 bits per heavy atom. The minimum absolute atomic E-state index is 0.412. The average molecular weight is 237 g/mol. The van der Waals surface area contributed by atoms with Crippen LogP contribution in [0.25, 0.3) is 0 Å². The summed E-state index contributed by atoms with van der Waals surface area (Å²) in [6, 6.07) is 6.13. The maximum absolute atomic E-state index is 9.70. The van der Waals surface area contributed by atoms with Gasteiger partial charge in [0, 0.05) is 0 Å². The Balaban J connectivity index is 0.00000121. The van der Waals surface area contributed by atoms with Crippen LogP contribution in [0.3, 0.4) is 0 Å². The molecule has 0 spiro atoms. The van der Waals surface area contributed by atoms with Crippen molar-refractivity contribution in [2.45, 2.75) is 53.1 Å². The summed E-state index contributed by atoms with van der Waals surface area (Å²) in [5, 5.41) is 9.70. The normalized spacial score (nSPS) is 12.0. The first-order valence-corrected chi connectivity index (χ1v) is 6.57. The summed E-state index contributed by atoms with van der Waals surface area (Å²) in [6.45, 7) is 10.8. The Morgan fingerprint density at radius 2 is 1.65 bits per heavy atom. The molecule has 0 saturated carbocycles. The lowest BCUT2D eigenvalue weighted by Crippen LogP contribution is -2.10. The van der Waals surface area contributed by atoms with Gasteiger partial charge in [0.05, 0.1) is 6.10 Å². The number of aliphatic hydroxyl groups is 1. The molecule has 1 aromatic carbocycles. The van der Waals surface area contributed by atoms with Gasteiger partial charge in [-0.15, -0.1) is 0 Å². The second kappa shape index (κ2) is 8.26. The molecule has 98 valence electrons. The molecule has 1 unspecified atom stereocenters. The van der Waals surface area contributed by atoms with E-state index in [2.05, 4.69) is 19.9 Å². The molecule has 2 heteroatoms. The minimum Gasteiger partial charge on any atom is -0.389 e. The van der Waals surface area contributed by atoms with Gasteiger partial charge in [0.15, 0.2) is 0 Å². The lowest BCUT2D eigenvalue weighted by molar-refractivity contribution is 0.198. The molecule has 2 nitrogen and oxygen atoms in total. The molecule has 0 fully saturated rings. The molecule has 17 heavy (non-hydrogen) atoms. The first kappa shape index (κ1) is 16.1. The van der Waals surface area contributed by atoms with Gasteiger partial charge in [0.2, 0.25) is 0 Å². The highest BCUT2D eigenvalue weighted by molar-refractivity contribution is 5.38. The van der Waals surface area contributed by atoms with E-state index in [0.717, 1.165) is 12.0 Å². The first-order valence-electron chi connectivity index (χ1n) is 6.57. The largest absolute Gasteiger partial charge is 0.389 e. The van der Waals surface area contributed by atoms with Crippen molar-refractivity contribution < 1.29 is 5.11 Å². The van der Waals surface area contributed by atoms with Crippen molar-refractivity contribution in [3.63, 3.8) is 0 Å². The van der Waals surface area contributed by atoms with E-state index in [-0.39, 0.29) is 0 Å². The van der Waals surface area contributed by atoms with Crippen LogP contribution < -0.4 is 5.73 Å². The summed E-state index contributed by atoms with van der Waals surface area (Å²) in [6.07, 6.45) is 0.430. The molecule has 1 aromatic rings. The van der Waals surface area contributed by atoms with Crippen molar-refractivity contribution >= 4 is 0 Å². The summed E-state index contributed by atoms with van der Waals surface area (Å²) < 4.78 is 0. The monoisotopic (exact) mass is 237 g/mol. The lowest BCUT2D eigenvalue weighted by atomic mass is 9.90. The lowest BCUT2D eigenvalue weighted by Gasteiger charge is -2.18. The Labute approximate surface area is 106 Å². The average Bonchev–Trinajstić information content (AvgIpc) is 2.31. The van der Waals surface area contributed by atoms with E-state index in [4.69, 9.17) is 5.73 Å². The molecule has 0 heterocycles. The maximum Gasteiger partial charge on any atom is 0.0764 e. The van der Waals surface area contributed by atoms with Crippen LogP contribution in [-0.2, 0) is 6.42 Å². The number of benzene rings is 1. The Bertz CT molecular complexity index is 292. The van der Waals surface area contributed by atoms with E-state index in [9.17, 15) is 5.11 Å². The molecule has 0 aliphatic heterocycles. The van der Waals surface area contributed by atoms with Gasteiger partial charge >= 0.3 is 0 Å². The van der Waals surface area contributed by atoms with Gasteiger partial charge in [0.1, 0.15) is 0 Å². The molecular formula is C15H27NO. The maximum atomic E-state index is 9.70. The fourth-order valence-electron chi connectivity index (χ4n) is 1.99. The number of rotatable bonds is 4. The molecule has 0 amide bonds. The molecule has 0 saturated heterocycles. The molecule has 0 bridgehead atoms. The summed E-state index contributed by atoms with van der Waals surface area (Å²) in [4.78, 5) is 0. The zero-order valence-corrected chi connectivity index (χ0v) is 11.8. The summed E-state index contributed by atoms with van der Waals surface area (Å²) in [5.41, 5.74) is 9.17. The van der Waals surface area contributed by atoms with Crippen molar-refractivity contribution in [2.75, 3.05) is 6.54 Å². The van der Waals surface area contributed by atoms with Crippen molar-refractivity contribution in [1.82, 2.24) is 0 Å². The molecule has 0 radical (unpaired) electrons. The summed E-state index contributed by atoms with van der Waals surface area (Å²) >= 11 is 0. The molecule has 0 aliphatic carbocycles. The van der Waals surface area contributed by atoms with E-state index in [0.29, 0.717) is 12.5 Å². The quantitative estimate of drug-likeness (QED) is 0.843. The smallest absolute Gasteiger partial charge is 0.0764 e. The second-order valence-electron chi connectivity index (χ2n) is 4.28. The number of nitrogens with two attached hydrogens (primary N) is 1. The zero-order valence-electron chi connectivity index (χ0n) is 11.8. The van der Waals surface area contributed by atoms with Gasteiger partial charge < -0.3 is 10.8 Å². The molecular weight excluding hydrogens is 210 g/mol. The van der Waals surface area contributed by atoms with E-state index in [1.807, 2.05) is 26.0 Å². The second-order valence-corrected chi connectivity index (χ2v) is 4.28. The molecule has 3 N–H and O–H groups in total. The van der Waals surface area contributed by atoms with Gasteiger partial charge in [-0.3, -0.25) is 0 Å². The third-order valence-corrected chi connectivity index (χ3v) is 2.71. The van der Waals surface area contributed by atoms with Crippen LogP contribution in [-0.4, -0.2) is 11.7 Å². The van der Waals surface area contributed by atoms with E-state index < -0.39 is 6.10 Å². The third-order valence-electron chi connectivity index (χ3n) is 2.71. The van der Waals surface area contributed by atoms with Crippen molar-refractivity contribution in [1.29, 1.82) is 0 Å². The highest BCUT2D eigenvalue weighted by atomic mass is 16.3. The fourth-order valence-corrected chi connectivity index (χ4v) is 1.99. The summed E-state index contributed by atoms with van der Waals surface area (Å²) in [5.74, 6) is 0.477. The minimum atomic E-state index is -0.412. The van der Waals surface area contributed by atoms with Gasteiger partial charge in [-0.05, 0) is 42.5 Å². The van der Waals surface area contributed by atoms with Crippen molar-refractivity contribution in [3.8, 4) is 0 Å². The fraction of sp³-hybridized carbons (Fsp3) is 0.600. The first-order chi connectivity index (χ1) is 8.07. The van der Waals surface area contributed by atoms with Crippen molar-refractivity contribution in [3.05, 3.63) is 34.9 Å². The molecule has 1 atom stereocenters. The topological polar surface area (TPSA) is 46.2 Å².